The fourth-order valence-corrected chi connectivity index (χ4v) is 8.88. The first kappa shape index (κ1) is 15.8. The maximum Gasteiger partial charge on any atom is 0.151 e. The first-order valence-corrected chi connectivity index (χ1v) is 11.4. The monoisotopic (exact) mass is 330 g/mol. The molecule has 0 radical (unpaired) electrons. The highest BCUT2D eigenvalue weighted by atomic mass is 33.1. The van der Waals surface area contributed by atoms with Crippen molar-refractivity contribution in [1.82, 2.24) is 0 Å². The molecule has 0 atom stereocenters. The van der Waals surface area contributed by atoms with Gasteiger partial charge in [-0.05, 0) is 29.7 Å². The van der Waals surface area contributed by atoms with Crippen LogP contribution in [0, 0.1) is 0 Å². The van der Waals surface area contributed by atoms with Crippen molar-refractivity contribution in [3.8, 4) is 0 Å². The second kappa shape index (κ2) is 9.36. The maximum absolute atomic E-state index is 5.85. The Morgan fingerprint density at radius 2 is 1.89 bits per heavy atom. The van der Waals surface area contributed by atoms with Gasteiger partial charge in [0.1, 0.15) is 0 Å². The Morgan fingerprint density at radius 3 is 2.63 bits per heavy atom. The predicted molar refractivity (Wildman–Crippen MR) is 94.4 cm³/mol. The second-order valence-corrected chi connectivity index (χ2v) is 11.2. The molecule has 1 aliphatic heterocycles. The summed E-state index contributed by atoms with van der Waals surface area (Å²) in [5.41, 5.74) is 1.32. The van der Waals surface area contributed by atoms with E-state index in [-0.39, 0.29) is 6.55 Å². The molecule has 0 aromatic heterocycles. The molecule has 0 unspecified atom stereocenters. The van der Waals surface area contributed by atoms with Crippen molar-refractivity contribution in [2.24, 2.45) is 0 Å². The lowest BCUT2D eigenvalue weighted by molar-refractivity contribution is 0.354. The average Bonchev–Trinajstić information content (AvgIpc) is 2.92. The van der Waals surface area contributed by atoms with Crippen molar-refractivity contribution in [2.75, 3.05) is 18.1 Å². The molecule has 104 valence electrons. The van der Waals surface area contributed by atoms with Gasteiger partial charge in [-0.2, -0.15) is 0 Å². The molecule has 1 saturated heterocycles. The first-order valence-electron chi connectivity index (χ1n) is 6.59. The molecule has 0 spiro atoms. The summed E-state index contributed by atoms with van der Waals surface area (Å²) in [6.07, 6.45) is 4.28. The van der Waals surface area contributed by atoms with Gasteiger partial charge >= 0.3 is 0 Å². The Kier molecular flexibility index (Phi) is 7.77. The van der Waals surface area contributed by atoms with E-state index in [0.717, 1.165) is 32.3 Å². The zero-order valence-electron chi connectivity index (χ0n) is 10.9. The minimum Gasteiger partial charge on any atom is -0.339 e. The summed E-state index contributed by atoms with van der Waals surface area (Å²) in [5, 5.41) is 0. The van der Waals surface area contributed by atoms with E-state index in [1.807, 2.05) is 28.8 Å². The number of unbranched alkanes of at least 4 members (excludes halogenated alkanes) is 1. The van der Waals surface area contributed by atoms with Crippen LogP contribution in [-0.2, 0) is 10.9 Å². The van der Waals surface area contributed by atoms with Crippen LogP contribution in [0.15, 0.2) is 30.3 Å². The molecule has 0 amide bonds. The molecular formula is C14H19OPS3. The van der Waals surface area contributed by atoms with Crippen molar-refractivity contribution in [1.29, 1.82) is 0 Å². The van der Waals surface area contributed by atoms with Crippen molar-refractivity contribution < 1.29 is 4.52 Å². The Labute approximate surface area is 130 Å². The van der Waals surface area contributed by atoms with Crippen LogP contribution in [0.25, 0.3) is 0 Å². The van der Waals surface area contributed by atoms with Crippen molar-refractivity contribution in [3.63, 3.8) is 0 Å². The largest absolute Gasteiger partial charge is 0.339 e. The summed E-state index contributed by atoms with van der Waals surface area (Å²) in [6.45, 7) is 0.686. The maximum atomic E-state index is 5.85. The van der Waals surface area contributed by atoms with Gasteiger partial charge in [-0.25, -0.2) is 0 Å². The molecule has 0 bridgehead atoms. The van der Waals surface area contributed by atoms with Crippen LogP contribution in [0.5, 0.6) is 0 Å². The predicted octanol–water partition coefficient (Wildman–Crippen LogP) is 5.49. The Balaban J connectivity index is 1.51. The van der Waals surface area contributed by atoms with Gasteiger partial charge in [-0.1, -0.05) is 65.3 Å². The van der Waals surface area contributed by atoms with E-state index in [4.69, 9.17) is 16.7 Å². The summed E-state index contributed by atoms with van der Waals surface area (Å²) < 4.78 is 5.85. The molecule has 0 N–H and O–H groups in total. The van der Waals surface area contributed by atoms with Gasteiger partial charge in [-0.15, -0.1) is 0 Å². The van der Waals surface area contributed by atoms with E-state index in [1.165, 1.54) is 21.9 Å². The molecule has 19 heavy (non-hydrogen) atoms. The normalized spacial score (nSPS) is 15.8. The van der Waals surface area contributed by atoms with E-state index < -0.39 is 0 Å². The highest BCUT2D eigenvalue weighted by Crippen LogP contribution is 2.66. The number of hydrogen-bond donors (Lipinski definition) is 0. The van der Waals surface area contributed by atoms with Gasteiger partial charge in [-0.3, -0.25) is 0 Å². The molecule has 0 saturated carbocycles. The fraction of sp³-hybridized carbons (Fsp3) is 0.500. The zero-order chi connectivity index (χ0) is 13.3. The summed E-state index contributed by atoms with van der Waals surface area (Å²) in [4.78, 5) is 1.17. The SMILES string of the molecule is S=C(CCCCOP1SCCS1)Cc1ccccc1. The number of benzene rings is 1. The molecule has 5 heteroatoms. The van der Waals surface area contributed by atoms with Crippen LogP contribution in [0.1, 0.15) is 24.8 Å². The first-order chi connectivity index (χ1) is 9.34. The van der Waals surface area contributed by atoms with Crippen LogP contribution >= 0.6 is 41.5 Å². The van der Waals surface area contributed by atoms with Crippen molar-refractivity contribution in [2.45, 2.75) is 25.7 Å². The summed E-state index contributed by atoms with van der Waals surface area (Å²) >= 11 is 9.42. The molecule has 1 nitrogen and oxygen atoms in total. The number of rotatable bonds is 8. The van der Waals surface area contributed by atoms with Crippen LogP contribution in [0.4, 0.5) is 0 Å². The highest BCUT2D eigenvalue weighted by molar-refractivity contribution is 8.88. The fourth-order valence-electron chi connectivity index (χ4n) is 1.81. The molecule has 2 rings (SSSR count). The average molecular weight is 330 g/mol. The van der Waals surface area contributed by atoms with Crippen molar-refractivity contribution >= 4 is 46.4 Å². The topological polar surface area (TPSA) is 9.23 Å². The lowest BCUT2D eigenvalue weighted by atomic mass is 10.1. The Morgan fingerprint density at radius 1 is 1.16 bits per heavy atom. The Hall–Kier alpha value is 0.400. The third-order valence-electron chi connectivity index (χ3n) is 2.77. The van der Waals surface area contributed by atoms with E-state index in [2.05, 4.69) is 24.3 Å². The Bertz CT molecular complexity index is 380. The molecule has 1 fully saturated rings. The smallest absolute Gasteiger partial charge is 0.151 e. The standard InChI is InChI=1S/C14H19OPS3/c17-14(12-13-6-2-1-3-7-13)8-4-5-9-15-16-18-10-11-19-16/h1-3,6-7H,4-5,8-12H2. The van der Waals surface area contributed by atoms with Gasteiger partial charge in [0.15, 0.2) is 6.55 Å². The van der Waals surface area contributed by atoms with Crippen LogP contribution in [0.2, 0.25) is 0 Å². The van der Waals surface area contributed by atoms with Gasteiger partial charge in [0.2, 0.25) is 0 Å². The van der Waals surface area contributed by atoms with E-state index in [0.29, 0.717) is 0 Å². The van der Waals surface area contributed by atoms with Crippen molar-refractivity contribution in [3.05, 3.63) is 35.9 Å². The minimum atomic E-state index is -0.216. The van der Waals surface area contributed by atoms with Crippen LogP contribution in [-0.4, -0.2) is 23.0 Å². The van der Waals surface area contributed by atoms with Gasteiger partial charge in [0, 0.05) is 17.9 Å². The third kappa shape index (κ3) is 6.59. The van der Waals surface area contributed by atoms with Gasteiger partial charge in [0.25, 0.3) is 0 Å². The van der Waals surface area contributed by atoms with Gasteiger partial charge < -0.3 is 4.52 Å². The van der Waals surface area contributed by atoms with E-state index in [1.54, 1.807) is 0 Å². The van der Waals surface area contributed by atoms with Crippen LogP contribution < -0.4 is 0 Å². The van der Waals surface area contributed by atoms with E-state index >= 15 is 0 Å². The third-order valence-corrected chi connectivity index (χ3v) is 9.85. The number of hydrogen-bond acceptors (Lipinski definition) is 4. The molecular weight excluding hydrogens is 311 g/mol. The minimum absolute atomic E-state index is 0.216. The summed E-state index contributed by atoms with van der Waals surface area (Å²) in [6, 6.07) is 10.5. The van der Waals surface area contributed by atoms with Crippen LogP contribution in [0.3, 0.4) is 0 Å². The lowest BCUT2D eigenvalue weighted by Gasteiger charge is -2.08. The quantitative estimate of drug-likeness (QED) is 0.354. The number of thiocarbonyl (C=S) groups is 1. The van der Waals surface area contributed by atoms with Gasteiger partial charge in [0.05, 0.1) is 6.61 Å². The molecule has 1 aromatic carbocycles. The summed E-state index contributed by atoms with van der Waals surface area (Å²) in [5.74, 6) is 2.52. The molecule has 1 heterocycles. The summed E-state index contributed by atoms with van der Waals surface area (Å²) in [7, 11) is 0. The second-order valence-electron chi connectivity index (χ2n) is 4.38. The molecule has 1 aliphatic rings. The zero-order valence-corrected chi connectivity index (χ0v) is 14.3. The van der Waals surface area contributed by atoms with E-state index in [9.17, 15) is 0 Å². The molecule has 0 aliphatic carbocycles. The molecule has 1 aromatic rings. The highest BCUT2D eigenvalue weighted by Gasteiger charge is 2.16. The lowest BCUT2D eigenvalue weighted by Crippen LogP contribution is -2.00.